The van der Waals surface area contributed by atoms with Gasteiger partial charge in [-0.05, 0) is 42.3 Å². The maximum atomic E-state index is 11.3. The molecule has 0 saturated heterocycles. The van der Waals surface area contributed by atoms with Crippen LogP contribution in [0.4, 0.5) is 0 Å². The van der Waals surface area contributed by atoms with Crippen LogP contribution in [-0.2, 0) is 16.0 Å². The molecule has 0 atom stereocenters. The van der Waals surface area contributed by atoms with E-state index in [1.807, 2.05) is 49.4 Å². The van der Waals surface area contributed by atoms with Gasteiger partial charge in [0, 0.05) is 5.56 Å². The van der Waals surface area contributed by atoms with Gasteiger partial charge in [-0.2, -0.15) is 0 Å². The largest absolute Gasteiger partial charge is 0.469 e. The Bertz CT molecular complexity index is 805. The summed E-state index contributed by atoms with van der Waals surface area (Å²) in [6.07, 6.45) is 0.240. The van der Waals surface area contributed by atoms with Crippen molar-refractivity contribution >= 4 is 17.1 Å². The van der Waals surface area contributed by atoms with Crippen molar-refractivity contribution in [2.75, 3.05) is 7.11 Å². The lowest BCUT2D eigenvalue weighted by Crippen LogP contribution is -2.04. The van der Waals surface area contributed by atoms with E-state index in [1.54, 1.807) is 0 Å². The summed E-state index contributed by atoms with van der Waals surface area (Å²) < 4.78 is 10.5. The number of methoxy groups -OCH3 is 1. The summed E-state index contributed by atoms with van der Waals surface area (Å²) in [5, 5.41) is 0. The van der Waals surface area contributed by atoms with Crippen LogP contribution < -0.4 is 0 Å². The van der Waals surface area contributed by atoms with E-state index in [9.17, 15) is 4.79 Å². The van der Waals surface area contributed by atoms with Crippen LogP contribution >= 0.6 is 0 Å². The fraction of sp³-hybridized carbons (Fsp3) is 0.176. The Morgan fingerprint density at radius 2 is 2.10 bits per heavy atom. The predicted molar refractivity (Wildman–Crippen MR) is 79.9 cm³/mol. The molecule has 3 rings (SSSR count). The van der Waals surface area contributed by atoms with Crippen molar-refractivity contribution in [2.24, 2.45) is 0 Å². The lowest BCUT2D eigenvalue weighted by molar-refractivity contribution is -0.139. The van der Waals surface area contributed by atoms with Gasteiger partial charge in [0.2, 0.25) is 5.89 Å². The smallest absolute Gasteiger partial charge is 0.309 e. The molecule has 0 N–H and O–H groups in total. The molecule has 21 heavy (non-hydrogen) atoms. The molecule has 0 bridgehead atoms. The number of oxazole rings is 1. The number of carbonyl (C=O) groups is 1. The summed E-state index contributed by atoms with van der Waals surface area (Å²) in [7, 11) is 1.38. The van der Waals surface area contributed by atoms with Gasteiger partial charge in [0.1, 0.15) is 5.52 Å². The predicted octanol–water partition coefficient (Wildman–Crippen LogP) is 3.52. The standard InChI is InChI=1S/C17H15NO3/c1-11-6-7-14-15(8-11)21-17(18-14)13-5-3-4-12(9-13)10-16(19)20-2/h3-9H,10H2,1-2H3. The Balaban J connectivity index is 1.98. The molecule has 2 aromatic carbocycles. The molecule has 1 heterocycles. The minimum atomic E-state index is -0.264. The molecule has 0 spiro atoms. The fourth-order valence-corrected chi connectivity index (χ4v) is 2.21. The molecule has 0 saturated carbocycles. The number of nitrogens with zero attached hydrogens (tertiary/aromatic N) is 1. The van der Waals surface area contributed by atoms with Crippen LogP contribution in [0.25, 0.3) is 22.6 Å². The SMILES string of the molecule is COC(=O)Cc1cccc(-c2nc3ccc(C)cc3o2)c1. The van der Waals surface area contributed by atoms with E-state index in [0.29, 0.717) is 5.89 Å². The van der Waals surface area contributed by atoms with Crippen molar-refractivity contribution in [3.63, 3.8) is 0 Å². The number of aromatic nitrogens is 1. The minimum Gasteiger partial charge on any atom is -0.469 e. The summed E-state index contributed by atoms with van der Waals surface area (Å²) in [6, 6.07) is 13.5. The maximum Gasteiger partial charge on any atom is 0.309 e. The first-order chi connectivity index (χ1) is 10.2. The number of benzene rings is 2. The maximum absolute atomic E-state index is 11.3. The van der Waals surface area contributed by atoms with Crippen molar-refractivity contribution in [3.05, 3.63) is 53.6 Å². The summed E-state index contributed by atoms with van der Waals surface area (Å²) in [6.45, 7) is 2.01. The first-order valence-electron chi connectivity index (χ1n) is 6.69. The third-order valence-corrected chi connectivity index (χ3v) is 3.29. The van der Waals surface area contributed by atoms with E-state index in [4.69, 9.17) is 4.42 Å². The minimum absolute atomic E-state index is 0.240. The topological polar surface area (TPSA) is 52.3 Å². The van der Waals surface area contributed by atoms with Gasteiger partial charge in [0.25, 0.3) is 0 Å². The molecular weight excluding hydrogens is 266 g/mol. The monoisotopic (exact) mass is 281 g/mol. The van der Waals surface area contributed by atoms with Crippen molar-refractivity contribution in [2.45, 2.75) is 13.3 Å². The fourth-order valence-electron chi connectivity index (χ4n) is 2.21. The lowest BCUT2D eigenvalue weighted by atomic mass is 10.1. The van der Waals surface area contributed by atoms with Crippen LogP contribution in [-0.4, -0.2) is 18.1 Å². The first-order valence-corrected chi connectivity index (χ1v) is 6.69. The van der Waals surface area contributed by atoms with E-state index in [0.717, 1.165) is 27.8 Å². The number of hydrogen-bond donors (Lipinski definition) is 0. The molecule has 0 fully saturated rings. The first kappa shape index (κ1) is 13.4. The summed E-state index contributed by atoms with van der Waals surface area (Å²) in [4.78, 5) is 15.8. The van der Waals surface area contributed by atoms with Gasteiger partial charge < -0.3 is 9.15 Å². The molecule has 0 aliphatic carbocycles. The van der Waals surface area contributed by atoms with Crippen LogP contribution in [0, 0.1) is 6.92 Å². The number of carbonyl (C=O) groups excluding carboxylic acids is 1. The van der Waals surface area contributed by atoms with Crippen molar-refractivity contribution < 1.29 is 13.9 Å². The van der Waals surface area contributed by atoms with Gasteiger partial charge in [0.05, 0.1) is 13.5 Å². The average Bonchev–Trinajstić information content (AvgIpc) is 2.90. The highest BCUT2D eigenvalue weighted by Gasteiger charge is 2.10. The Morgan fingerprint density at radius 3 is 2.90 bits per heavy atom. The Labute approximate surface area is 122 Å². The van der Waals surface area contributed by atoms with Gasteiger partial charge >= 0.3 is 5.97 Å². The second kappa shape index (κ2) is 5.40. The normalized spacial score (nSPS) is 10.8. The number of aryl methyl sites for hydroxylation is 1. The van der Waals surface area contributed by atoms with E-state index in [2.05, 4.69) is 9.72 Å². The van der Waals surface area contributed by atoms with Gasteiger partial charge in [-0.15, -0.1) is 0 Å². The highest BCUT2D eigenvalue weighted by atomic mass is 16.5. The second-order valence-corrected chi connectivity index (χ2v) is 4.94. The average molecular weight is 281 g/mol. The highest BCUT2D eigenvalue weighted by Crippen LogP contribution is 2.25. The van der Waals surface area contributed by atoms with Gasteiger partial charge in [-0.1, -0.05) is 18.2 Å². The number of fused-ring (bicyclic) bond motifs is 1. The zero-order valence-electron chi connectivity index (χ0n) is 11.9. The zero-order valence-corrected chi connectivity index (χ0v) is 11.9. The Hall–Kier alpha value is -2.62. The number of ether oxygens (including phenoxy) is 1. The molecule has 0 aliphatic heterocycles. The summed E-state index contributed by atoms with van der Waals surface area (Å²) in [5.41, 5.74) is 4.45. The molecule has 0 amide bonds. The molecule has 3 aromatic rings. The Kier molecular flexibility index (Phi) is 3.44. The Morgan fingerprint density at radius 1 is 1.24 bits per heavy atom. The van der Waals surface area contributed by atoms with Crippen molar-refractivity contribution in [1.29, 1.82) is 0 Å². The van der Waals surface area contributed by atoms with E-state index in [1.165, 1.54) is 7.11 Å². The van der Waals surface area contributed by atoms with Crippen molar-refractivity contribution in [1.82, 2.24) is 4.98 Å². The van der Waals surface area contributed by atoms with Crippen molar-refractivity contribution in [3.8, 4) is 11.5 Å². The van der Waals surface area contributed by atoms with E-state index >= 15 is 0 Å². The van der Waals surface area contributed by atoms with Crippen LogP contribution in [0.3, 0.4) is 0 Å². The van der Waals surface area contributed by atoms with E-state index in [-0.39, 0.29) is 12.4 Å². The van der Waals surface area contributed by atoms with Gasteiger partial charge in [-0.3, -0.25) is 4.79 Å². The number of hydrogen-bond acceptors (Lipinski definition) is 4. The molecule has 0 radical (unpaired) electrons. The van der Waals surface area contributed by atoms with Crippen LogP contribution in [0.2, 0.25) is 0 Å². The van der Waals surface area contributed by atoms with Crippen LogP contribution in [0.5, 0.6) is 0 Å². The third-order valence-electron chi connectivity index (χ3n) is 3.29. The van der Waals surface area contributed by atoms with E-state index < -0.39 is 0 Å². The summed E-state index contributed by atoms with van der Waals surface area (Å²) in [5.74, 6) is 0.294. The zero-order chi connectivity index (χ0) is 14.8. The third kappa shape index (κ3) is 2.79. The molecule has 4 heteroatoms. The second-order valence-electron chi connectivity index (χ2n) is 4.94. The molecule has 1 aromatic heterocycles. The molecule has 0 unspecified atom stereocenters. The molecule has 106 valence electrons. The molecular formula is C17H15NO3. The summed E-state index contributed by atoms with van der Waals surface area (Å²) >= 11 is 0. The van der Waals surface area contributed by atoms with Crippen LogP contribution in [0.1, 0.15) is 11.1 Å². The highest BCUT2D eigenvalue weighted by molar-refractivity contribution is 5.77. The molecule has 4 nitrogen and oxygen atoms in total. The van der Waals surface area contributed by atoms with Gasteiger partial charge in [-0.25, -0.2) is 4.98 Å². The van der Waals surface area contributed by atoms with Crippen LogP contribution in [0.15, 0.2) is 46.9 Å². The lowest BCUT2D eigenvalue weighted by Gasteiger charge is -2.01. The quantitative estimate of drug-likeness (QED) is 0.689. The van der Waals surface area contributed by atoms with Gasteiger partial charge in [0.15, 0.2) is 5.58 Å². The number of rotatable bonds is 3. The molecule has 0 aliphatic rings. The number of esters is 1.